The Morgan fingerprint density at radius 3 is 3.05 bits per heavy atom. The molecule has 1 atom stereocenters. The van der Waals surface area contributed by atoms with Crippen LogP contribution < -0.4 is 5.32 Å². The van der Waals surface area contributed by atoms with Crippen LogP contribution in [0.15, 0.2) is 9.98 Å². The first-order chi connectivity index (χ1) is 9.12. The molecule has 1 aliphatic heterocycles. The van der Waals surface area contributed by atoms with E-state index in [1.165, 1.54) is 11.3 Å². The second-order valence-electron chi connectivity index (χ2n) is 4.61. The van der Waals surface area contributed by atoms with Crippen LogP contribution in [0.4, 0.5) is 0 Å². The number of aromatic nitrogens is 1. The fraction of sp³-hybridized carbons (Fsp3) is 0.667. The molecule has 1 unspecified atom stereocenters. The third-order valence-electron chi connectivity index (χ3n) is 3.23. The van der Waals surface area contributed by atoms with Crippen LogP contribution in [-0.2, 0) is 15.1 Å². The first-order valence-corrected chi connectivity index (χ1v) is 7.98. The smallest absolute Gasteiger partial charge is 0.329 e. The number of halogens is 1. The minimum absolute atomic E-state index is 0.281. The summed E-state index contributed by atoms with van der Waals surface area (Å²) in [6.45, 7) is 1.55. The molecule has 0 spiro atoms. The van der Waals surface area contributed by atoms with Crippen molar-refractivity contribution >= 4 is 33.2 Å². The summed E-state index contributed by atoms with van der Waals surface area (Å²) in [4.78, 5) is 15.3. The van der Waals surface area contributed by atoms with Crippen molar-refractivity contribution in [3.63, 3.8) is 0 Å². The molecule has 0 saturated carbocycles. The van der Waals surface area contributed by atoms with Crippen LogP contribution in [0.2, 0.25) is 0 Å². The van der Waals surface area contributed by atoms with Gasteiger partial charge in [-0.15, -0.1) is 11.3 Å². The van der Waals surface area contributed by atoms with Gasteiger partial charge in [-0.1, -0.05) is 0 Å². The van der Waals surface area contributed by atoms with Gasteiger partial charge in [0.25, 0.3) is 0 Å². The van der Waals surface area contributed by atoms with Crippen molar-refractivity contribution in [2.45, 2.75) is 31.3 Å². The Morgan fingerprint density at radius 2 is 2.37 bits per heavy atom. The molecule has 7 heteroatoms. The van der Waals surface area contributed by atoms with Crippen LogP contribution in [0, 0.1) is 0 Å². The van der Waals surface area contributed by atoms with E-state index in [1.807, 2.05) is 5.38 Å². The van der Waals surface area contributed by atoms with Gasteiger partial charge < -0.3 is 15.2 Å². The molecule has 2 heterocycles. The molecular formula is C12H17BrN2O3S. The lowest BCUT2D eigenvalue weighted by molar-refractivity contribution is -0.152. The first-order valence-electron chi connectivity index (χ1n) is 6.30. The van der Waals surface area contributed by atoms with Crippen molar-refractivity contribution in [2.75, 3.05) is 19.7 Å². The van der Waals surface area contributed by atoms with E-state index < -0.39 is 11.6 Å². The number of ether oxygens (including phenoxy) is 1. The lowest BCUT2D eigenvalue weighted by Crippen LogP contribution is -2.37. The zero-order valence-corrected chi connectivity index (χ0v) is 12.9. The Kier molecular flexibility index (Phi) is 5.32. The molecule has 1 aliphatic rings. The quantitative estimate of drug-likeness (QED) is 0.873. The largest absolute Gasteiger partial charge is 0.480 e. The van der Waals surface area contributed by atoms with Gasteiger partial charge in [0.15, 0.2) is 0 Å². The molecule has 1 aromatic heterocycles. The van der Waals surface area contributed by atoms with Crippen molar-refractivity contribution in [2.24, 2.45) is 0 Å². The molecule has 0 bridgehead atoms. The summed E-state index contributed by atoms with van der Waals surface area (Å²) in [6.07, 6.45) is 3.65. The zero-order valence-electron chi connectivity index (χ0n) is 10.5. The van der Waals surface area contributed by atoms with Gasteiger partial charge in [-0.25, -0.2) is 9.78 Å². The summed E-state index contributed by atoms with van der Waals surface area (Å²) in [5.74, 6) is -0.940. The maximum absolute atomic E-state index is 10.8. The minimum Gasteiger partial charge on any atom is -0.480 e. The Balaban J connectivity index is 2.21. The highest BCUT2D eigenvalue weighted by atomic mass is 79.9. The summed E-state index contributed by atoms with van der Waals surface area (Å²) < 4.78 is 6.53. The second kappa shape index (κ2) is 6.78. The number of rotatable bonds is 4. The first kappa shape index (κ1) is 14.9. The second-order valence-corrected chi connectivity index (χ2v) is 6.28. The predicted octanol–water partition coefficient (Wildman–Crippen LogP) is 2.37. The van der Waals surface area contributed by atoms with Crippen molar-refractivity contribution in [3.8, 4) is 0 Å². The average Bonchev–Trinajstić information content (AvgIpc) is 2.75. The molecule has 0 aromatic carbocycles. The van der Waals surface area contributed by atoms with Crippen molar-refractivity contribution in [1.82, 2.24) is 10.3 Å². The Bertz CT molecular complexity index is 430. The number of hydrogen-bond acceptors (Lipinski definition) is 5. The standard InChI is InChI=1S/C12H17BrN2O3S/c13-9-8-19-11(15-9)12(18-7-10(16)17)3-1-2-5-14-6-4-12/h8,14H,1-7H2,(H,16,17). The highest BCUT2D eigenvalue weighted by Gasteiger charge is 2.36. The summed E-state index contributed by atoms with van der Waals surface area (Å²) in [5.41, 5.74) is -0.567. The Labute approximate surface area is 124 Å². The molecule has 1 saturated heterocycles. The number of hydrogen-bond donors (Lipinski definition) is 2. The number of carboxylic acids is 1. The van der Waals surface area contributed by atoms with E-state index in [0.717, 1.165) is 48.4 Å². The van der Waals surface area contributed by atoms with Gasteiger partial charge in [-0.05, 0) is 54.7 Å². The molecular weight excluding hydrogens is 332 g/mol. The van der Waals surface area contributed by atoms with Crippen molar-refractivity contribution < 1.29 is 14.6 Å². The third-order valence-corrected chi connectivity index (χ3v) is 4.96. The van der Waals surface area contributed by atoms with E-state index in [-0.39, 0.29) is 6.61 Å². The van der Waals surface area contributed by atoms with Crippen LogP contribution in [0.25, 0.3) is 0 Å². The highest BCUT2D eigenvalue weighted by molar-refractivity contribution is 9.10. The van der Waals surface area contributed by atoms with E-state index in [0.29, 0.717) is 0 Å². The van der Waals surface area contributed by atoms with Gasteiger partial charge in [0, 0.05) is 5.38 Å². The molecule has 0 aliphatic carbocycles. The van der Waals surface area contributed by atoms with E-state index >= 15 is 0 Å². The SMILES string of the molecule is O=C(O)COC1(c2nc(Br)cs2)CCCCNCC1. The molecule has 0 radical (unpaired) electrons. The fourth-order valence-electron chi connectivity index (χ4n) is 2.28. The highest BCUT2D eigenvalue weighted by Crippen LogP contribution is 2.38. The molecule has 19 heavy (non-hydrogen) atoms. The van der Waals surface area contributed by atoms with Gasteiger partial charge in [0.1, 0.15) is 21.8 Å². The lowest BCUT2D eigenvalue weighted by atomic mass is 9.91. The van der Waals surface area contributed by atoms with Crippen molar-refractivity contribution in [3.05, 3.63) is 15.0 Å². The number of aliphatic carboxylic acids is 1. The topological polar surface area (TPSA) is 71.5 Å². The van der Waals surface area contributed by atoms with Gasteiger partial charge in [0.05, 0.1) is 0 Å². The fourth-order valence-corrected chi connectivity index (χ4v) is 3.75. The number of nitrogens with one attached hydrogen (secondary N) is 1. The number of carbonyl (C=O) groups is 1. The van der Waals surface area contributed by atoms with Crippen LogP contribution in [0.1, 0.15) is 30.7 Å². The molecule has 2 N–H and O–H groups in total. The minimum atomic E-state index is -0.940. The van der Waals surface area contributed by atoms with Crippen molar-refractivity contribution in [1.29, 1.82) is 0 Å². The van der Waals surface area contributed by atoms with E-state index in [9.17, 15) is 4.79 Å². The van der Waals surface area contributed by atoms with Gasteiger partial charge >= 0.3 is 5.97 Å². The van der Waals surface area contributed by atoms with E-state index in [2.05, 4.69) is 26.2 Å². The van der Waals surface area contributed by atoms with Gasteiger partial charge in [-0.2, -0.15) is 0 Å². The van der Waals surface area contributed by atoms with Crippen LogP contribution in [0.3, 0.4) is 0 Å². The molecule has 0 amide bonds. The normalized spacial score (nSPS) is 24.7. The molecule has 1 fully saturated rings. The maximum Gasteiger partial charge on any atom is 0.329 e. The summed E-state index contributed by atoms with van der Waals surface area (Å²) >= 11 is 4.87. The molecule has 5 nitrogen and oxygen atoms in total. The van der Waals surface area contributed by atoms with E-state index in [4.69, 9.17) is 9.84 Å². The summed E-state index contributed by atoms with van der Waals surface area (Å²) in [7, 11) is 0. The summed E-state index contributed by atoms with van der Waals surface area (Å²) in [5, 5.41) is 15.0. The number of carboxylic acid groups (broad SMARTS) is 1. The summed E-state index contributed by atoms with van der Waals surface area (Å²) in [6, 6.07) is 0. The van der Waals surface area contributed by atoms with Crippen LogP contribution in [0.5, 0.6) is 0 Å². The third kappa shape index (κ3) is 3.98. The maximum atomic E-state index is 10.8. The molecule has 2 rings (SSSR count). The number of thiazole rings is 1. The van der Waals surface area contributed by atoms with Gasteiger partial charge in [-0.3, -0.25) is 0 Å². The monoisotopic (exact) mass is 348 g/mol. The van der Waals surface area contributed by atoms with Crippen LogP contribution >= 0.6 is 27.3 Å². The zero-order chi connectivity index (χ0) is 13.7. The Hall–Kier alpha value is -0.500. The molecule has 1 aromatic rings. The average molecular weight is 349 g/mol. The van der Waals surface area contributed by atoms with E-state index in [1.54, 1.807) is 0 Å². The number of nitrogens with zero attached hydrogens (tertiary/aromatic N) is 1. The van der Waals surface area contributed by atoms with Gasteiger partial charge in [0.2, 0.25) is 0 Å². The lowest BCUT2D eigenvalue weighted by Gasteiger charge is -2.33. The van der Waals surface area contributed by atoms with Crippen LogP contribution in [-0.4, -0.2) is 35.8 Å². The predicted molar refractivity (Wildman–Crippen MR) is 76.4 cm³/mol. The Morgan fingerprint density at radius 1 is 1.53 bits per heavy atom. The molecule has 106 valence electrons.